The molecule has 0 unspecified atom stereocenters. The average molecular weight is 581 g/mol. The fraction of sp³-hybridized carbons (Fsp3) is 0.548. The van der Waals surface area contributed by atoms with Crippen LogP contribution in [0.25, 0.3) is 0 Å². The molecule has 1 N–H and O–H groups in total. The molecule has 0 bridgehead atoms. The number of hydrogen-bond donors (Lipinski definition) is 1. The minimum absolute atomic E-state index is 0.230. The van der Waals surface area contributed by atoms with Crippen molar-refractivity contribution in [3.8, 4) is 0 Å². The Balaban J connectivity index is 1.05. The van der Waals surface area contributed by atoms with Gasteiger partial charge in [-0.3, -0.25) is 4.79 Å². The molecule has 4 aliphatic rings. The van der Waals surface area contributed by atoms with Crippen LogP contribution in [-0.4, -0.2) is 86.8 Å². The van der Waals surface area contributed by atoms with Gasteiger partial charge in [0.25, 0.3) is 0 Å². The second kappa shape index (κ2) is 11.4. The molecule has 2 amide bonds. The maximum atomic E-state index is 13.6. The Kier molecular flexibility index (Phi) is 7.82. The summed E-state index contributed by atoms with van der Waals surface area (Å²) in [6.45, 7) is 5.30. The number of benzene rings is 2. The number of carbonyl (C=O) groups is 2. The van der Waals surface area contributed by atoms with Crippen molar-refractivity contribution in [3.05, 3.63) is 65.7 Å². The van der Waals surface area contributed by atoms with Crippen molar-refractivity contribution >= 4 is 21.8 Å². The molecule has 2 aromatic rings. The Bertz CT molecular complexity index is 1350. The molecule has 3 aliphatic heterocycles. The van der Waals surface area contributed by atoms with Gasteiger partial charge in [0.05, 0.1) is 10.3 Å². The molecule has 2 aromatic carbocycles. The maximum Gasteiger partial charge on any atom is 0.426 e. The monoisotopic (exact) mass is 580 g/mol. The standard InChI is InChI=1S/C31H40N4O5S/c1-41(38,39)27-11-7-23(8-12-27)19-34-18-15-31(29(34)36)13-16-33(17-14-31)20-25-21-35(40-30(37)32-26-9-10-26)22-28(25)24-5-3-2-4-6-24/h2-8,11-12,25-26,28H,9-10,13-22H2,1H3,(H,32,37)/t25-,28+/m0/s1. The van der Waals surface area contributed by atoms with Crippen molar-refractivity contribution in [1.29, 1.82) is 0 Å². The van der Waals surface area contributed by atoms with Gasteiger partial charge in [0.1, 0.15) is 0 Å². The molecule has 4 fully saturated rings. The molecule has 0 aromatic heterocycles. The third-order valence-corrected chi connectivity index (χ3v) is 10.5. The third kappa shape index (κ3) is 6.44. The van der Waals surface area contributed by atoms with Gasteiger partial charge in [0, 0.05) is 50.9 Å². The molecule has 3 heterocycles. The number of hydroxylamine groups is 2. The molecule has 1 aliphatic carbocycles. The fourth-order valence-electron chi connectivity index (χ4n) is 6.77. The number of amides is 2. The molecule has 41 heavy (non-hydrogen) atoms. The second-order valence-corrected chi connectivity index (χ2v) is 14.4. The SMILES string of the molecule is CS(=O)(=O)c1ccc(CN2CCC3(CCN(C[C@H]4CN(OC(=O)NC5CC5)C[C@@H]4c4ccccc4)CC3)C2=O)cc1. The summed E-state index contributed by atoms with van der Waals surface area (Å²) in [4.78, 5) is 36.3. The first-order valence-electron chi connectivity index (χ1n) is 14.8. The highest BCUT2D eigenvalue weighted by Crippen LogP contribution is 2.43. The van der Waals surface area contributed by atoms with Gasteiger partial charge < -0.3 is 20.0 Å². The van der Waals surface area contributed by atoms with E-state index in [1.165, 1.54) is 11.8 Å². The predicted molar refractivity (Wildman–Crippen MR) is 155 cm³/mol. The van der Waals surface area contributed by atoms with Crippen LogP contribution < -0.4 is 5.32 Å². The van der Waals surface area contributed by atoms with E-state index in [1.54, 1.807) is 12.1 Å². The summed E-state index contributed by atoms with van der Waals surface area (Å²) in [6.07, 6.45) is 5.48. The number of rotatable bonds is 8. The normalized spacial score (nSPS) is 25.1. The van der Waals surface area contributed by atoms with E-state index < -0.39 is 9.84 Å². The number of sulfone groups is 1. The quantitative estimate of drug-likeness (QED) is 0.511. The Hall–Kier alpha value is -2.95. The third-order valence-electron chi connectivity index (χ3n) is 9.38. The van der Waals surface area contributed by atoms with E-state index in [9.17, 15) is 18.0 Å². The molecule has 1 saturated carbocycles. The zero-order valence-corrected chi connectivity index (χ0v) is 24.5. The minimum atomic E-state index is -3.24. The van der Waals surface area contributed by atoms with E-state index in [0.717, 1.165) is 63.8 Å². The number of hydrogen-bond acceptors (Lipinski definition) is 7. The lowest BCUT2D eigenvalue weighted by atomic mass is 9.76. The van der Waals surface area contributed by atoms with Gasteiger partial charge in [0.2, 0.25) is 5.91 Å². The minimum Gasteiger partial charge on any atom is -0.351 e. The summed E-state index contributed by atoms with van der Waals surface area (Å²) < 4.78 is 23.5. The molecule has 10 heteroatoms. The molecule has 3 saturated heterocycles. The van der Waals surface area contributed by atoms with Crippen LogP contribution in [0, 0.1) is 11.3 Å². The Morgan fingerprint density at radius 1 is 0.976 bits per heavy atom. The van der Waals surface area contributed by atoms with Crippen LogP contribution in [0.1, 0.15) is 49.1 Å². The topological polar surface area (TPSA) is 99.3 Å². The van der Waals surface area contributed by atoms with Gasteiger partial charge in [-0.15, -0.1) is 5.06 Å². The lowest BCUT2D eigenvalue weighted by Crippen LogP contribution is -2.46. The lowest BCUT2D eigenvalue weighted by molar-refractivity contribution is -0.139. The summed E-state index contributed by atoms with van der Waals surface area (Å²) in [7, 11) is -3.24. The number of nitrogens with one attached hydrogen (secondary N) is 1. The molecule has 1 spiro atoms. The zero-order chi connectivity index (χ0) is 28.6. The molecular formula is C31H40N4O5S. The largest absolute Gasteiger partial charge is 0.426 e. The van der Waals surface area contributed by atoms with Crippen molar-refractivity contribution in [1.82, 2.24) is 20.2 Å². The van der Waals surface area contributed by atoms with Crippen LogP contribution in [0.15, 0.2) is 59.5 Å². The molecule has 0 radical (unpaired) electrons. The summed E-state index contributed by atoms with van der Waals surface area (Å²) in [5.74, 6) is 0.831. The fourth-order valence-corrected chi connectivity index (χ4v) is 7.40. The Morgan fingerprint density at radius 3 is 2.32 bits per heavy atom. The highest BCUT2D eigenvalue weighted by molar-refractivity contribution is 7.90. The summed E-state index contributed by atoms with van der Waals surface area (Å²) in [5.41, 5.74) is 1.92. The molecule has 2 atom stereocenters. The van der Waals surface area contributed by atoms with E-state index in [4.69, 9.17) is 4.84 Å². The first-order chi connectivity index (χ1) is 19.7. The van der Waals surface area contributed by atoms with E-state index in [1.807, 2.05) is 28.2 Å². The summed E-state index contributed by atoms with van der Waals surface area (Å²) >= 11 is 0. The van der Waals surface area contributed by atoms with Gasteiger partial charge in [0.15, 0.2) is 9.84 Å². The van der Waals surface area contributed by atoms with Crippen LogP contribution in [0.5, 0.6) is 0 Å². The number of likely N-dealkylation sites (tertiary alicyclic amines) is 2. The van der Waals surface area contributed by atoms with E-state index in [-0.39, 0.29) is 29.4 Å². The van der Waals surface area contributed by atoms with Gasteiger partial charge >= 0.3 is 6.09 Å². The zero-order valence-electron chi connectivity index (χ0n) is 23.7. The van der Waals surface area contributed by atoms with Crippen molar-refractivity contribution in [3.63, 3.8) is 0 Å². The molecular weight excluding hydrogens is 540 g/mol. The Labute approximate surface area is 242 Å². The van der Waals surface area contributed by atoms with Crippen LogP contribution in [0.4, 0.5) is 4.79 Å². The lowest BCUT2D eigenvalue weighted by Gasteiger charge is -2.39. The van der Waals surface area contributed by atoms with Crippen LogP contribution in [-0.2, 0) is 26.0 Å². The predicted octanol–water partition coefficient (Wildman–Crippen LogP) is 3.42. The van der Waals surface area contributed by atoms with Gasteiger partial charge in [-0.2, -0.15) is 0 Å². The molecule has 9 nitrogen and oxygen atoms in total. The van der Waals surface area contributed by atoms with Crippen LogP contribution in [0.3, 0.4) is 0 Å². The average Bonchev–Trinajstić information content (AvgIpc) is 3.61. The summed E-state index contributed by atoms with van der Waals surface area (Å²) in [6, 6.07) is 17.6. The smallest absolute Gasteiger partial charge is 0.351 e. The highest BCUT2D eigenvalue weighted by Gasteiger charge is 2.48. The van der Waals surface area contributed by atoms with E-state index >= 15 is 0 Å². The number of carbonyl (C=O) groups excluding carboxylic acids is 2. The van der Waals surface area contributed by atoms with Gasteiger partial charge in [-0.25, -0.2) is 13.2 Å². The van der Waals surface area contributed by atoms with E-state index in [2.05, 4.69) is 34.5 Å². The number of nitrogens with zero attached hydrogens (tertiary/aromatic N) is 3. The van der Waals surface area contributed by atoms with Crippen molar-refractivity contribution in [2.45, 2.75) is 55.5 Å². The van der Waals surface area contributed by atoms with Crippen molar-refractivity contribution in [2.24, 2.45) is 11.3 Å². The summed E-state index contributed by atoms with van der Waals surface area (Å²) in [5, 5.41) is 4.74. The first-order valence-corrected chi connectivity index (χ1v) is 16.7. The van der Waals surface area contributed by atoms with Crippen LogP contribution in [0.2, 0.25) is 0 Å². The second-order valence-electron chi connectivity index (χ2n) is 12.4. The van der Waals surface area contributed by atoms with Crippen LogP contribution >= 0.6 is 0 Å². The van der Waals surface area contributed by atoms with Crippen molar-refractivity contribution < 1.29 is 22.8 Å². The van der Waals surface area contributed by atoms with Crippen molar-refractivity contribution in [2.75, 3.05) is 45.5 Å². The van der Waals surface area contributed by atoms with Gasteiger partial charge in [-0.1, -0.05) is 42.5 Å². The first kappa shape index (κ1) is 28.2. The van der Waals surface area contributed by atoms with E-state index in [0.29, 0.717) is 30.4 Å². The Morgan fingerprint density at radius 2 is 1.66 bits per heavy atom. The maximum absolute atomic E-state index is 13.6. The van der Waals surface area contributed by atoms with Gasteiger partial charge in [-0.05, 0) is 74.4 Å². The number of piperidine rings is 1. The highest BCUT2D eigenvalue weighted by atomic mass is 32.2. The molecule has 220 valence electrons. The molecule has 6 rings (SSSR count).